The molecule has 1 aromatic carbocycles. The van der Waals surface area contributed by atoms with Crippen LogP contribution in [0, 0.1) is 0 Å². The van der Waals surface area contributed by atoms with E-state index in [0.717, 1.165) is 12.1 Å². The Morgan fingerprint density at radius 1 is 1.30 bits per heavy atom. The molecule has 0 radical (unpaired) electrons. The number of hydrogen-bond acceptors (Lipinski definition) is 4. The Morgan fingerprint density at radius 2 is 2.00 bits per heavy atom. The van der Waals surface area contributed by atoms with Crippen LogP contribution in [0.15, 0.2) is 24.3 Å². The second-order valence-electron chi connectivity index (χ2n) is 3.99. The molecule has 6 nitrogen and oxygen atoms in total. The molecule has 1 aromatic rings. The van der Waals surface area contributed by atoms with E-state index >= 15 is 0 Å². The minimum absolute atomic E-state index is 0. The Hall–Kier alpha value is -1.15. The first-order valence-corrected chi connectivity index (χ1v) is 7.63. The van der Waals surface area contributed by atoms with E-state index in [2.05, 4.69) is 15.4 Å². The molecule has 0 aromatic heterocycles. The third-order valence-electron chi connectivity index (χ3n) is 2.42. The van der Waals surface area contributed by atoms with Crippen molar-refractivity contribution in [2.24, 2.45) is 0 Å². The fourth-order valence-corrected chi connectivity index (χ4v) is 2.03. The molecule has 1 amide bonds. The number of benzene rings is 1. The summed E-state index contributed by atoms with van der Waals surface area (Å²) in [6.45, 7) is 3.57. The number of carbonyl (C=O) groups excluding carboxylic acids is 1. The molecule has 0 bridgehead atoms. The van der Waals surface area contributed by atoms with Crippen molar-refractivity contribution in [1.82, 2.24) is 10.0 Å². The zero-order valence-corrected chi connectivity index (χ0v) is 13.1. The largest absolute Gasteiger partial charge is 0.325 e. The van der Waals surface area contributed by atoms with E-state index in [1.54, 1.807) is 6.07 Å². The van der Waals surface area contributed by atoms with Crippen LogP contribution in [0.25, 0.3) is 0 Å². The summed E-state index contributed by atoms with van der Waals surface area (Å²) < 4.78 is 24.6. The summed E-state index contributed by atoms with van der Waals surface area (Å²) in [5, 5.41) is 5.74. The number of sulfonamides is 1. The van der Waals surface area contributed by atoms with Gasteiger partial charge in [0.2, 0.25) is 15.9 Å². The third kappa shape index (κ3) is 6.85. The summed E-state index contributed by atoms with van der Waals surface area (Å²) in [6.07, 6.45) is 0. The number of anilines is 1. The first-order valence-electron chi connectivity index (χ1n) is 5.97. The molecule has 0 aliphatic carbocycles. The smallest absolute Gasteiger partial charge is 0.240 e. The van der Waals surface area contributed by atoms with Gasteiger partial charge in [0, 0.05) is 12.2 Å². The molecule has 3 N–H and O–H groups in total. The number of nitrogens with one attached hydrogen (secondary N) is 3. The lowest BCUT2D eigenvalue weighted by Crippen LogP contribution is -2.30. The fourth-order valence-electron chi connectivity index (χ4n) is 1.47. The Labute approximate surface area is 125 Å². The lowest BCUT2D eigenvalue weighted by Gasteiger charge is -2.08. The summed E-state index contributed by atoms with van der Waals surface area (Å²) in [4.78, 5) is 11.6. The Bertz CT molecular complexity index is 535. The molecule has 0 heterocycles. The van der Waals surface area contributed by atoms with E-state index in [-0.39, 0.29) is 12.4 Å². The Balaban J connectivity index is 0.00000361. The number of rotatable bonds is 7. The number of amides is 1. The highest BCUT2D eigenvalue weighted by Crippen LogP contribution is 2.10. The Morgan fingerprint density at radius 3 is 2.60 bits per heavy atom. The van der Waals surface area contributed by atoms with Crippen LogP contribution < -0.4 is 15.4 Å². The molecule has 8 heteroatoms. The van der Waals surface area contributed by atoms with Gasteiger partial charge in [-0.3, -0.25) is 4.79 Å². The molecule has 0 fully saturated rings. The normalized spacial score (nSPS) is 10.7. The van der Waals surface area contributed by atoms with Crippen molar-refractivity contribution in [2.45, 2.75) is 13.5 Å². The highest BCUT2D eigenvalue weighted by molar-refractivity contribution is 7.90. The maximum Gasteiger partial charge on any atom is 0.240 e. The summed E-state index contributed by atoms with van der Waals surface area (Å²) >= 11 is 0. The zero-order chi connectivity index (χ0) is 14.3. The van der Waals surface area contributed by atoms with Gasteiger partial charge in [0.1, 0.15) is 5.75 Å². The molecule has 0 spiro atoms. The molecule has 0 saturated heterocycles. The number of carbonyl (C=O) groups is 1. The van der Waals surface area contributed by atoms with Gasteiger partial charge in [-0.05, 0) is 31.3 Å². The molecule has 0 unspecified atom stereocenters. The van der Waals surface area contributed by atoms with Gasteiger partial charge in [0.25, 0.3) is 0 Å². The fraction of sp³-hybridized carbons (Fsp3) is 0.417. The van der Waals surface area contributed by atoms with Crippen LogP contribution in [-0.2, 0) is 21.4 Å². The van der Waals surface area contributed by atoms with E-state index in [1.165, 1.54) is 7.05 Å². The second kappa shape index (κ2) is 8.91. The summed E-state index contributed by atoms with van der Waals surface area (Å²) in [5.41, 5.74) is 1.61. The van der Waals surface area contributed by atoms with Gasteiger partial charge in [0.15, 0.2) is 0 Å². The van der Waals surface area contributed by atoms with Crippen molar-refractivity contribution in [3.05, 3.63) is 29.8 Å². The van der Waals surface area contributed by atoms with Crippen LogP contribution in [0.2, 0.25) is 0 Å². The Kier molecular flexibility index (Phi) is 8.40. The summed E-state index contributed by atoms with van der Waals surface area (Å²) in [5.74, 6) is -1.14. The van der Waals surface area contributed by atoms with E-state index < -0.39 is 21.7 Å². The lowest BCUT2D eigenvalue weighted by molar-refractivity contribution is -0.113. The number of halogens is 1. The summed E-state index contributed by atoms with van der Waals surface area (Å²) in [7, 11) is -2.26. The highest BCUT2D eigenvalue weighted by atomic mass is 35.5. The van der Waals surface area contributed by atoms with Crippen molar-refractivity contribution in [3.63, 3.8) is 0 Å². The van der Waals surface area contributed by atoms with Crippen LogP contribution in [0.5, 0.6) is 0 Å². The van der Waals surface area contributed by atoms with Crippen molar-refractivity contribution in [2.75, 3.05) is 24.7 Å². The average Bonchev–Trinajstić information content (AvgIpc) is 2.36. The molecular weight excluding hydrogens is 302 g/mol. The standard InChI is InChI=1S/C12H19N3O3S.ClH/c1-3-14-8-10-5-4-6-11(7-10)15-12(16)9-19(17,18)13-2;/h4-7,13-14H,3,8-9H2,1-2H3,(H,15,16);1H. The van der Waals surface area contributed by atoms with Gasteiger partial charge < -0.3 is 10.6 Å². The van der Waals surface area contributed by atoms with E-state index in [1.807, 2.05) is 25.1 Å². The van der Waals surface area contributed by atoms with Crippen LogP contribution in [0.3, 0.4) is 0 Å². The van der Waals surface area contributed by atoms with Crippen LogP contribution >= 0.6 is 12.4 Å². The molecule has 0 atom stereocenters. The molecule has 114 valence electrons. The maximum atomic E-state index is 11.6. The first kappa shape index (κ1) is 18.9. The lowest BCUT2D eigenvalue weighted by atomic mass is 10.2. The third-order valence-corrected chi connectivity index (χ3v) is 3.69. The minimum Gasteiger partial charge on any atom is -0.325 e. The topological polar surface area (TPSA) is 87.3 Å². The van der Waals surface area contributed by atoms with Crippen LogP contribution in [-0.4, -0.2) is 33.7 Å². The molecule has 0 aliphatic heterocycles. The molecule has 0 aliphatic rings. The second-order valence-corrected chi connectivity index (χ2v) is 5.92. The van der Waals surface area contributed by atoms with Crippen molar-refractivity contribution >= 4 is 34.0 Å². The molecule has 0 saturated carbocycles. The number of hydrogen-bond donors (Lipinski definition) is 3. The van der Waals surface area contributed by atoms with Crippen molar-refractivity contribution in [3.8, 4) is 0 Å². The van der Waals surface area contributed by atoms with E-state index in [0.29, 0.717) is 12.2 Å². The molecule has 20 heavy (non-hydrogen) atoms. The zero-order valence-electron chi connectivity index (χ0n) is 11.5. The van der Waals surface area contributed by atoms with Crippen molar-refractivity contribution in [1.29, 1.82) is 0 Å². The van der Waals surface area contributed by atoms with Gasteiger partial charge in [-0.1, -0.05) is 19.1 Å². The molecular formula is C12H20ClN3O3S. The highest BCUT2D eigenvalue weighted by Gasteiger charge is 2.14. The van der Waals surface area contributed by atoms with E-state index in [4.69, 9.17) is 0 Å². The SMILES string of the molecule is CCNCc1cccc(NC(=O)CS(=O)(=O)NC)c1.Cl. The predicted molar refractivity (Wildman–Crippen MR) is 82.5 cm³/mol. The quantitative estimate of drug-likeness (QED) is 0.690. The predicted octanol–water partition coefficient (Wildman–Crippen LogP) is 0.706. The monoisotopic (exact) mass is 321 g/mol. The van der Waals surface area contributed by atoms with Gasteiger partial charge in [-0.15, -0.1) is 12.4 Å². The van der Waals surface area contributed by atoms with Gasteiger partial charge in [-0.25, -0.2) is 13.1 Å². The van der Waals surface area contributed by atoms with Gasteiger partial charge in [0.05, 0.1) is 0 Å². The summed E-state index contributed by atoms with van der Waals surface area (Å²) in [6, 6.07) is 7.28. The van der Waals surface area contributed by atoms with Gasteiger partial charge >= 0.3 is 0 Å². The van der Waals surface area contributed by atoms with E-state index in [9.17, 15) is 13.2 Å². The van der Waals surface area contributed by atoms with Crippen LogP contribution in [0.1, 0.15) is 12.5 Å². The van der Waals surface area contributed by atoms with Crippen molar-refractivity contribution < 1.29 is 13.2 Å². The van der Waals surface area contributed by atoms with Crippen LogP contribution in [0.4, 0.5) is 5.69 Å². The molecule has 1 rings (SSSR count). The first-order chi connectivity index (χ1) is 8.96. The maximum absolute atomic E-state index is 11.6. The minimum atomic E-state index is -3.54. The van der Waals surface area contributed by atoms with Gasteiger partial charge in [-0.2, -0.15) is 0 Å². The average molecular weight is 322 g/mol.